The number of carbonyl (C=O) groups excluding carboxylic acids is 1. The average Bonchev–Trinajstić information content (AvgIpc) is 2.86. The molecule has 1 aliphatic rings. The van der Waals surface area contributed by atoms with Gasteiger partial charge in [0.05, 0.1) is 6.61 Å². The predicted octanol–water partition coefficient (Wildman–Crippen LogP) is 2.39. The second kappa shape index (κ2) is 6.66. The highest BCUT2D eigenvalue weighted by Gasteiger charge is 2.22. The smallest absolute Gasteiger partial charge is 0.372 e. The summed E-state index contributed by atoms with van der Waals surface area (Å²) in [6, 6.07) is 2.03. The third-order valence-electron chi connectivity index (χ3n) is 3.63. The Hall–Kier alpha value is -2.70. The molecule has 0 aliphatic carbocycles. The number of carbonyl (C=O) groups is 1. The summed E-state index contributed by atoms with van der Waals surface area (Å²) < 4.78 is 8.83. The van der Waals surface area contributed by atoms with Gasteiger partial charge in [-0.2, -0.15) is 9.56 Å². The number of nitrogens with zero attached hydrogens (tertiary/aromatic N) is 4. The molecule has 7 nitrogen and oxygen atoms in total. The topological polar surface area (TPSA) is 72.1 Å². The lowest BCUT2D eigenvalue weighted by molar-refractivity contribution is -0.453. The molecule has 0 spiro atoms. The van der Waals surface area contributed by atoms with Crippen molar-refractivity contribution in [1.29, 1.82) is 0 Å². The van der Waals surface area contributed by atoms with Gasteiger partial charge in [0.15, 0.2) is 18.1 Å². The van der Waals surface area contributed by atoms with Gasteiger partial charge in [-0.05, 0) is 18.4 Å². The molecule has 0 bridgehead atoms. The van der Waals surface area contributed by atoms with Crippen LogP contribution in [0, 0.1) is 5.41 Å². The normalized spacial score (nSPS) is 13.9. The van der Waals surface area contributed by atoms with Crippen molar-refractivity contribution in [3.05, 3.63) is 30.4 Å². The van der Waals surface area contributed by atoms with E-state index in [2.05, 4.69) is 40.6 Å². The number of esters is 1. The maximum Gasteiger partial charge on any atom is 0.372 e. The van der Waals surface area contributed by atoms with E-state index in [0.29, 0.717) is 12.6 Å². The zero-order chi connectivity index (χ0) is 18.0. The lowest BCUT2D eigenvalue weighted by Gasteiger charge is -2.19. The van der Waals surface area contributed by atoms with Crippen molar-refractivity contribution >= 4 is 29.2 Å². The molecular formula is C18H24N5O2+. The van der Waals surface area contributed by atoms with E-state index in [1.54, 1.807) is 11.5 Å². The number of allylic oxidation sites excluding steroid dienone is 1. The van der Waals surface area contributed by atoms with Crippen LogP contribution < -0.4 is 5.32 Å². The quantitative estimate of drug-likeness (QED) is 0.645. The van der Waals surface area contributed by atoms with Crippen molar-refractivity contribution in [3.8, 4) is 0 Å². The number of hydrogen-bond donors (Lipinski definition) is 1. The van der Waals surface area contributed by atoms with E-state index in [1.807, 2.05) is 30.9 Å². The minimum atomic E-state index is -0.244. The van der Waals surface area contributed by atoms with Gasteiger partial charge in [0.1, 0.15) is 5.65 Å². The molecule has 0 fully saturated rings. The number of ether oxygens (including phenoxy) is 1. The standard InChI is InChI=1S/C18H24N5O2/c1-5-25-15(24)11-22-9-14(10-22)20-17-19-8-13-6-7-23(16(13)21-17)12-18(2,3)4/h6-10H,5,11-12H2,1-4H3,(H,19,20,21)/q+1. The first-order valence-electron chi connectivity index (χ1n) is 8.41. The van der Waals surface area contributed by atoms with E-state index < -0.39 is 0 Å². The van der Waals surface area contributed by atoms with Crippen LogP contribution in [0.3, 0.4) is 0 Å². The zero-order valence-electron chi connectivity index (χ0n) is 15.1. The molecule has 0 saturated heterocycles. The molecule has 3 rings (SSSR count). The first-order valence-corrected chi connectivity index (χ1v) is 8.41. The number of anilines is 1. The van der Waals surface area contributed by atoms with Gasteiger partial charge in [0.2, 0.25) is 12.5 Å². The Morgan fingerprint density at radius 3 is 2.84 bits per heavy atom. The Bertz CT molecular complexity index is 858. The Morgan fingerprint density at radius 1 is 1.40 bits per heavy atom. The molecule has 0 amide bonds. The fourth-order valence-corrected chi connectivity index (χ4v) is 2.66. The van der Waals surface area contributed by atoms with E-state index >= 15 is 0 Å². The van der Waals surface area contributed by atoms with E-state index in [0.717, 1.165) is 23.3 Å². The molecule has 0 radical (unpaired) electrons. The molecule has 1 aliphatic heterocycles. The van der Waals surface area contributed by atoms with Crippen LogP contribution in [-0.2, 0) is 16.1 Å². The van der Waals surface area contributed by atoms with Crippen molar-refractivity contribution in [3.63, 3.8) is 0 Å². The largest absolute Gasteiger partial charge is 0.461 e. The molecule has 2 aromatic rings. The zero-order valence-corrected chi connectivity index (χ0v) is 15.1. The van der Waals surface area contributed by atoms with Crippen molar-refractivity contribution in [2.45, 2.75) is 34.2 Å². The average molecular weight is 342 g/mol. The maximum atomic E-state index is 11.4. The maximum absolute atomic E-state index is 11.4. The SMILES string of the molecule is CCOC(=O)C[N+]1=CC(Nc2ncc3ccn(CC(C)(C)C)c3n2)=C1. The molecule has 0 atom stereocenters. The fraction of sp³-hybridized carbons (Fsp3) is 0.444. The van der Waals surface area contributed by atoms with Gasteiger partial charge in [-0.15, -0.1) is 0 Å². The van der Waals surface area contributed by atoms with Crippen LogP contribution in [0.25, 0.3) is 11.0 Å². The van der Waals surface area contributed by atoms with E-state index in [9.17, 15) is 4.79 Å². The van der Waals surface area contributed by atoms with Crippen molar-refractivity contribution in [2.75, 3.05) is 18.5 Å². The van der Waals surface area contributed by atoms with Crippen molar-refractivity contribution in [2.24, 2.45) is 5.41 Å². The Balaban J connectivity index is 1.67. The highest BCUT2D eigenvalue weighted by atomic mass is 16.5. The summed E-state index contributed by atoms with van der Waals surface area (Å²) in [6.45, 7) is 9.89. The van der Waals surface area contributed by atoms with Gasteiger partial charge in [-0.1, -0.05) is 20.8 Å². The monoisotopic (exact) mass is 342 g/mol. The fourth-order valence-electron chi connectivity index (χ4n) is 2.66. The summed E-state index contributed by atoms with van der Waals surface area (Å²) in [5, 5.41) is 4.18. The van der Waals surface area contributed by atoms with Crippen LogP contribution in [0.15, 0.2) is 30.4 Å². The first kappa shape index (κ1) is 17.1. The highest BCUT2D eigenvalue weighted by Crippen LogP contribution is 2.22. The van der Waals surface area contributed by atoms with E-state index in [4.69, 9.17) is 4.74 Å². The molecule has 0 saturated carbocycles. The lowest BCUT2D eigenvalue weighted by Crippen LogP contribution is -2.28. The van der Waals surface area contributed by atoms with Crippen LogP contribution in [0.1, 0.15) is 27.7 Å². The molecule has 2 aromatic heterocycles. The van der Waals surface area contributed by atoms with Crippen LogP contribution >= 0.6 is 0 Å². The third kappa shape index (κ3) is 4.23. The second-order valence-corrected chi connectivity index (χ2v) is 7.29. The number of aromatic nitrogens is 3. The summed E-state index contributed by atoms with van der Waals surface area (Å²) in [7, 11) is 0. The van der Waals surface area contributed by atoms with Gasteiger partial charge < -0.3 is 14.6 Å². The summed E-state index contributed by atoms with van der Waals surface area (Å²) in [6.07, 6.45) is 7.53. The molecule has 132 valence electrons. The van der Waals surface area contributed by atoms with Crippen LogP contribution in [-0.4, -0.2) is 44.4 Å². The minimum absolute atomic E-state index is 0.169. The molecular weight excluding hydrogens is 318 g/mol. The van der Waals surface area contributed by atoms with E-state index in [-0.39, 0.29) is 17.9 Å². The summed E-state index contributed by atoms with van der Waals surface area (Å²) >= 11 is 0. The third-order valence-corrected chi connectivity index (χ3v) is 3.63. The first-order chi connectivity index (χ1) is 11.8. The summed E-state index contributed by atoms with van der Waals surface area (Å²) in [4.78, 5) is 20.4. The molecule has 0 unspecified atom stereocenters. The highest BCUT2D eigenvalue weighted by molar-refractivity contribution is 5.84. The minimum Gasteiger partial charge on any atom is -0.461 e. The van der Waals surface area contributed by atoms with Crippen molar-refractivity contribution in [1.82, 2.24) is 14.5 Å². The number of rotatable bonds is 6. The molecule has 7 heteroatoms. The van der Waals surface area contributed by atoms with Gasteiger partial charge in [-0.25, -0.2) is 9.78 Å². The molecule has 3 heterocycles. The Morgan fingerprint density at radius 2 is 2.16 bits per heavy atom. The van der Waals surface area contributed by atoms with Crippen LogP contribution in [0.2, 0.25) is 0 Å². The Kier molecular flexibility index (Phi) is 4.57. The Labute approximate surface area is 147 Å². The molecule has 1 N–H and O–H groups in total. The number of nitrogens with one attached hydrogen (secondary N) is 1. The predicted molar refractivity (Wildman–Crippen MR) is 96.5 cm³/mol. The summed E-state index contributed by atoms with van der Waals surface area (Å²) in [5.41, 5.74) is 1.94. The number of fused-ring (bicyclic) bond motifs is 1. The van der Waals surface area contributed by atoms with Gasteiger partial charge in [0.25, 0.3) is 0 Å². The van der Waals surface area contributed by atoms with Gasteiger partial charge >= 0.3 is 5.97 Å². The lowest BCUT2D eigenvalue weighted by atomic mass is 9.97. The van der Waals surface area contributed by atoms with Gasteiger partial charge in [0, 0.05) is 24.3 Å². The van der Waals surface area contributed by atoms with Crippen molar-refractivity contribution < 1.29 is 14.1 Å². The summed E-state index contributed by atoms with van der Waals surface area (Å²) in [5.74, 6) is 0.298. The molecule has 0 aromatic carbocycles. The number of hydrogen-bond acceptors (Lipinski definition) is 5. The van der Waals surface area contributed by atoms with Gasteiger partial charge in [-0.3, -0.25) is 0 Å². The van der Waals surface area contributed by atoms with Crippen LogP contribution in [0.4, 0.5) is 5.95 Å². The molecule has 25 heavy (non-hydrogen) atoms. The van der Waals surface area contributed by atoms with Crippen LogP contribution in [0.5, 0.6) is 0 Å². The van der Waals surface area contributed by atoms with E-state index in [1.165, 1.54) is 0 Å². The second-order valence-electron chi connectivity index (χ2n) is 7.29.